The minimum atomic E-state index is -1.54. The summed E-state index contributed by atoms with van der Waals surface area (Å²) < 4.78 is 6.02. The van der Waals surface area contributed by atoms with Gasteiger partial charge in [-0.15, -0.1) is 0 Å². The third-order valence-corrected chi connectivity index (χ3v) is 7.64. The van der Waals surface area contributed by atoms with Crippen LogP contribution in [0.25, 0.3) is 0 Å². The number of hydrogen-bond acceptors (Lipinski definition) is 3. The molecule has 3 nitrogen and oxygen atoms in total. The molecular weight excluding hydrogens is 204 g/mol. The fraction of sp³-hybridized carbons (Fsp3) is 1.00. The largest absolute Gasteiger partial charge is 0.416 e. The average molecular weight is 232 g/mol. The predicted octanol–water partition coefficient (Wildman–Crippen LogP) is 1.95. The van der Waals surface area contributed by atoms with Gasteiger partial charge in [-0.3, -0.25) is 0 Å². The third-order valence-electron chi connectivity index (χ3n) is 3.11. The highest BCUT2D eigenvalue weighted by Gasteiger charge is 2.36. The lowest BCUT2D eigenvalue weighted by molar-refractivity contribution is 0.286. The van der Waals surface area contributed by atoms with Crippen LogP contribution in [0.15, 0.2) is 0 Å². The van der Waals surface area contributed by atoms with Gasteiger partial charge in [0.2, 0.25) is 0 Å². The monoisotopic (exact) mass is 232 g/mol. The van der Waals surface area contributed by atoms with Gasteiger partial charge in [0, 0.05) is 13.2 Å². The summed E-state index contributed by atoms with van der Waals surface area (Å²) in [6.45, 7) is 14.9. The van der Waals surface area contributed by atoms with E-state index in [2.05, 4.69) is 39.2 Å². The topological polar surface area (TPSA) is 47.3 Å². The van der Waals surface area contributed by atoms with Gasteiger partial charge in [0.05, 0.1) is 0 Å². The van der Waals surface area contributed by atoms with Crippen LogP contribution in [0.5, 0.6) is 0 Å². The first-order chi connectivity index (χ1) is 6.81. The molecular formula is C11H28N2OSi. The molecule has 92 valence electrons. The summed E-state index contributed by atoms with van der Waals surface area (Å²) in [6, 6.07) is 0. The minimum absolute atomic E-state index is 0.310. The van der Waals surface area contributed by atoms with E-state index in [1.54, 1.807) is 0 Å². The summed E-state index contributed by atoms with van der Waals surface area (Å²) in [5.74, 6) is 0. The van der Waals surface area contributed by atoms with E-state index in [0.29, 0.717) is 5.04 Å². The lowest BCUT2D eigenvalue weighted by Gasteiger charge is -2.36. The Morgan fingerprint density at radius 2 is 1.80 bits per heavy atom. The van der Waals surface area contributed by atoms with Gasteiger partial charge in [-0.05, 0) is 37.6 Å². The van der Waals surface area contributed by atoms with Crippen molar-refractivity contribution < 1.29 is 4.43 Å². The second-order valence-electron chi connectivity index (χ2n) is 5.50. The first-order valence-electron chi connectivity index (χ1n) is 5.86. The van der Waals surface area contributed by atoms with E-state index in [1.165, 1.54) is 0 Å². The van der Waals surface area contributed by atoms with E-state index in [-0.39, 0.29) is 0 Å². The third kappa shape index (κ3) is 6.30. The molecule has 0 bridgehead atoms. The zero-order chi connectivity index (χ0) is 11.9. The van der Waals surface area contributed by atoms with Crippen LogP contribution >= 0.6 is 0 Å². The van der Waals surface area contributed by atoms with E-state index in [0.717, 1.165) is 32.7 Å². The van der Waals surface area contributed by atoms with Gasteiger partial charge >= 0.3 is 0 Å². The highest BCUT2D eigenvalue weighted by atomic mass is 28.4. The summed E-state index contributed by atoms with van der Waals surface area (Å²) in [5.41, 5.74) is 5.41. The molecule has 0 aromatic carbocycles. The van der Waals surface area contributed by atoms with Crippen LogP contribution in [0.1, 0.15) is 27.2 Å². The molecule has 0 aliphatic rings. The van der Waals surface area contributed by atoms with Crippen molar-refractivity contribution in [1.29, 1.82) is 0 Å². The molecule has 0 rings (SSSR count). The Morgan fingerprint density at radius 1 is 1.20 bits per heavy atom. The summed E-state index contributed by atoms with van der Waals surface area (Å²) in [5, 5.41) is 3.64. The van der Waals surface area contributed by atoms with Crippen molar-refractivity contribution in [1.82, 2.24) is 5.32 Å². The fourth-order valence-corrected chi connectivity index (χ4v) is 1.99. The van der Waals surface area contributed by atoms with Gasteiger partial charge in [0.15, 0.2) is 8.32 Å². The molecule has 0 unspecified atom stereocenters. The second-order valence-corrected chi connectivity index (χ2v) is 10.3. The average Bonchev–Trinajstić information content (AvgIpc) is 2.09. The molecule has 0 heterocycles. The standard InChI is InChI=1S/C11H28N2OSi/c1-11(2,3)15(4,5)14-10-9-13-8-6-7-12/h13H,6-10,12H2,1-5H3. The van der Waals surface area contributed by atoms with Crippen molar-refractivity contribution in [2.24, 2.45) is 5.73 Å². The van der Waals surface area contributed by atoms with Gasteiger partial charge < -0.3 is 15.5 Å². The van der Waals surface area contributed by atoms with E-state index in [1.807, 2.05) is 0 Å². The first kappa shape index (κ1) is 15.1. The molecule has 0 radical (unpaired) electrons. The van der Waals surface area contributed by atoms with Crippen molar-refractivity contribution in [2.75, 3.05) is 26.2 Å². The van der Waals surface area contributed by atoms with Crippen LogP contribution in [0.2, 0.25) is 18.1 Å². The molecule has 0 aliphatic heterocycles. The molecule has 0 fully saturated rings. The molecule has 15 heavy (non-hydrogen) atoms. The molecule has 0 atom stereocenters. The molecule has 0 aromatic rings. The summed E-state index contributed by atoms with van der Waals surface area (Å²) in [4.78, 5) is 0. The summed E-state index contributed by atoms with van der Waals surface area (Å²) in [6.07, 6.45) is 1.04. The van der Waals surface area contributed by atoms with E-state index in [4.69, 9.17) is 10.2 Å². The number of rotatable bonds is 7. The van der Waals surface area contributed by atoms with Gasteiger partial charge in [0.1, 0.15) is 0 Å². The normalized spacial score (nSPS) is 13.2. The molecule has 0 aliphatic carbocycles. The van der Waals surface area contributed by atoms with Crippen molar-refractivity contribution >= 4 is 8.32 Å². The maximum atomic E-state index is 6.02. The molecule has 3 N–H and O–H groups in total. The molecule has 0 amide bonds. The Morgan fingerprint density at radius 3 is 2.27 bits per heavy atom. The lowest BCUT2D eigenvalue weighted by Crippen LogP contribution is -2.42. The van der Waals surface area contributed by atoms with Crippen LogP contribution in [0, 0.1) is 0 Å². The number of nitrogens with two attached hydrogens (primary N) is 1. The molecule has 0 saturated heterocycles. The molecule has 0 spiro atoms. The van der Waals surface area contributed by atoms with Crippen LogP contribution in [-0.4, -0.2) is 34.6 Å². The minimum Gasteiger partial charge on any atom is -0.416 e. The molecule has 4 heteroatoms. The Balaban J connectivity index is 3.58. The lowest BCUT2D eigenvalue weighted by atomic mass is 10.2. The van der Waals surface area contributed by atoms with Gasteiger partial charge in [-0.2, -0.15) is 0 Å². The summed E-state index contributed by atoms with van der Waals surface area (Å²) >= 11 is 0. The quantitative estimate of drug-likeness (QED) is 0.521. The predicted molar refractivity (Wildman–Crippen MR) is 69.7 cm³/mol. The molecule has 0 aromatic heterocycles. The van der Waals surface area contributed by atoms with Gasteiger partial charge in [-0.25, -0.2) is 0 Å². The second kappa shape index (κ2) is 6.63. The van der Waals surface area contributed by atoms with Crippen LogP contribution in [0.4, 0.5) is 0 Å². The summed E-state index contributed by atoms with van der Waals surface area (Å²) in [7, 11) is -1.54. The van der Waals surface area contributed by atoms with Crippen molar-refractivity contribution in [2.45, 2.75) is 45.3 Å². The first-order valence-corrected chi connectivity index (χ1v) is 8.77. The van der Waals surface area contributed by atoms with Crippen LogP contribution in [0.3, 0.4) is 0 Å². The fourth-order valence-electron chi connectivity index (χ4n) is 0.947. The zero-order valence-corrected chi connectivity index (χ0v) is 12.0. The maximum absolute atomic E-state index is 6.02. The molecule has 0 saturated carbocycles. The Hall–Kier alpha value is 0.0969. The van der Waals surface area contributed by atoms with Crippen molar-refractivity contribution in [3.8, 4) is 0 Å². The number of hydrogen-bond donors (Lipinski definition) is 2. The zero-order valence-electron chi connectivity index (χ0n) is 11.0. The van der Waals surface area contributed by atoms with Crippen LogP contribution < -0.4 is 11.1 Å². The highest BCUT2D eigenvalue weighted by Crippen LogP contribution is 2.36. The highest BCUT2D eigenvalue weighted by molar-refractivity contribution is 6.74. The number of nitrogens with one attached hydrogen (secondary N) is 1. The van der Waals surface area contributed by atoms with Crippen molar-refractivity contribution in [3.63, 3.8) is 0 Å². The van der Waals surface area contributed by atoms with Gasteiger partial charge in [-0.1, -0.05) is 20.8 Å². The SMILES string of the molecule is CC(C)(C)[Si](C)(C)OCCNCCCN. The smallest absolute Gasteiger partial charge is 0.192 e. The maximum Gasteiger partial charge on any atom is 0.192 e. The van der Waals surface area contributed by atoms with Gasteiger partial charge in [0.25, 0.3) is 0 Å². The Bertz CT molecular complexity index is 166. The Kier molecular flexibility index (Phi) is 6.67. The van der Waals surface area contributed by atoms with E-state index >= 15 is 0 Å². The van der Waals surface area contributed by atoms with Crippen LogP contribution in [-0.2, 0) is 4.43 Å². The van der Waals surface area contributed by atoms with E-state index < -0.39 is 8.32 Å². The van der Waals surface area contributed by atoms with Crippen molar-refractivity contribution in [3.05, 3.63) is 0 Å². The Labute approximate surface area is 95.9 Å². The van der Waals surface area contributed by atoms with E-state index in [9.17, 15) is 0 Å².